The molecule has 0 aliphatic rings. The summed E-state index contributed by atoms with van der Waals surface area (Å²) in [5, 5.41) is 6.01. The van der Waals surface area contributed by atoms with E-state index in [1.165, 1.54) is 12.4 Å². The molecule has 1 aromatic carbocycles. The molecule has 2 aromatic rings. The van der Waals surface area contributed by atoms with E-state index >= 15 is 0 Å². The second-order valence-corrected chi connectivity index (χ2v) is 5.17. The summed E-state index contributed by atoms with van der Waals surface area (Å²) in [5.41, 5.74) is 1.49. The highest BCUT2D eigenvalue weighted by Crippen LogP contribution is 2.12. The highest BCUT2D eigenvalue weighted by atomic mass is 16.5. The molecule has 2 N–H and O–H groups in total. The molecular weight excluding hydrogens is 292 g/mol. The van der Waals surface area contributed by atoms with Crippen LogP contribution in [-0.2, 0) is 4.74 Å². The second-order valence-electron chi connectivity index (χ2n) is 5.17. The number of hydrogen-bond acceptors (Lipinski definition) is 5. The number of methoxy groups -OCH3 is 1. The summed E-state index contributed by atoms with van der Waals surface area (Å²) < 4.78 is 4.97. The van der Waals surface area contributed by atoms with Crippen LogP contribution in [0.2, 0.25) is 0 Å². The quantitative estimate of drug-likeness (QED) is 0.732. The van der Waals surface area contributed by atoms with Gasteiger partial charge < -0.3 is 15.4 Å². The number of hydrogen-bond donors (Lipinski definition) is 2. The van der Waals surface area contributed by atoms with Crippen LogP contribution in [0.4, 0.5) is 5.95 Å². The van der Waals surface area contributed by atoms with Crippen LogP contribution in [0.15, 0.2) is 42.7 Å². The first-order valence-corrected chi connectivity index (χ1v) is 7.61. The van der Waals surface area contributed by atoms with Crippen molar-refractivity contribution in [1.29, 1.82) is 0 Å². The molecule has 0 spiro atoms. The van der Waals surface area contributed by atoms with Crippen molar-refractivity contribution in [2.45, 2.75) is 19.4 Å². The number of amides is 1. The average molecular weight is 314 g/mol. The van der Waals surface area contributed by atoms with Gasteiger partial charge in [-0.1, -0.05) is 30.3 Å². The van der Waals surface area contributed by atoms with Crippen LogP contribution >= 0.6 is 0 Å². The summed E-state index contributed by atoms with van der Waals surface area (Å²) in [5.74, 6) is 0.320. The number of anilines is 1. The van der Waals surface area contributed by atoms with Gasteiger partial charge in [-0.2, -0.15) is 0 Å². The summed E-state index contributed by atoms with van der Waals surface area (Å²) in [6.07, 6.45) is 3.92. The van der Waals surface area contributed by atoms with E-state index in [1.807, 2.05) is 37.3 Å². The Bertz CT molecular complexity index is 602. The molecule has 0 aliphatic heterocycles. The second kappa shape index (κ2) is 8.85. The Morgan fingerprint density at radius 3 is 2.57 bits per heavy atom. The number of carbonyl (C=O) groups is 1. The van der Waals surface area contributed by atoms with E-state index in [1.54, 1.807) is 7.11 Å². The maximum absolute atomic E-state index is 12.2. The molecule has 0 radical (unpaired) electrons. The predicted molar refractivity (Wildman–Crippen MR) is 89.3 cm³/mol. The Labute approximate surface area is 136 Å². The summed E-state index contributed by atoms with van der Waals surface area (Å²) >= 11 is 0. The van der Waals surface area contributed by atoms with Crippen molar-refractivity contribution < 1.29 is 9.53 Å². The number of aromatic nitrogens is 2. The zero-order valence-electron chi connectivity index (χ0n) is 13.5. The van der Waals surface area contributed by atoms with Gasteiger partial charge in [-0.05, 0) is 18.9 Å². The smallest absolute Gasteiger partial charge is 0.254 e. The van der Waals surface area contributed by atoms with Crippen LogP contribution in [-0.4, -0.2) is 36.1 Å². The van der Waals surface area contributed by atoms with E-state index in [-0.39, 0.29) is 11.9 Å². The van der Waals surface area contributed by atoms with E-state index < -0.39 is 0 Å². The molecule has 0 saturated carbocycles. The lowest BCUT2D eigenvalue weighted by molar-refractivity contribution is 0.0939. The van der Waals surface area contributed by atoms with Gasteiger partial charge >= 0.3 is 0 Å². The molecule has 2 rings (SSSR count). The molecule has 0 saturated heterocycles. The van der Waals surface area contributed by atoms with Crippen molar-refractivity contribution in [2.75, 3.05) is 25.6 Å². The maximum Gasteiger partial charge on any atom is 0.254 e. The zero-order valence-corrected chi connectivity index (χ0v) is 13.5. The minimum atomic E-state index is -0.188. The van der Waals surface area contributed by atoms with Crippen LogP contribution in [0.1, 0.15) is 35.3 Å². The Kier molecular flexibility index (Phi) is 6.50. The summed E-state index contributed by atoms with van der Waals surface area (Å²) in [7, 11) is 1.67. The van der Waals surface area contributed by atoms with E-state index in [0.717, 1.165) is 18.5 Å². The fourth-order valence-electron chi connectivity index (χ4n) is 2.06. The molecule has 6 heteroatoms. The molecule has 0 bridgehead atoms. The molecule has 1 amide bonds. The number of rotatable bonds is 8. The van der Waals surface area contributed by atoms with Gasteiger partial charge in [0.15, 0.2) is 0 Å². The molecule has 0 aliphatic carbocycles. The Morgan fingerprint density at radius 2 is 1.91 bits per heavy atom. The molecular formula is C17H22N4O2. The lowest BCUT2D eigenvalue weighted by atomic mass is 10.1. The largest absolute Gasteiger partial charge is 0.385 e. The number of carbonyl (C=O) groups excluding carboxylic acids is 1. The van der Waals surface area contributed by atoms with Gasteiger partial charge in [-0.25, -0.2) is 9.97 Å². The van der Waals surface area contributed by atoms with Gasteiger partial charge in [0.2, 0.25) is 5.95 Å². The third-order valence-corrected chi connectivity index (χ3v) is 3.37. The number of nitrogens with one attached hydrogen (secondary N) is 2. The first-order valence-electron chi connectivity index (χ1n) is 7.61. The molecule has 122 valence electrons. The number of nitrogens with zero attached hydrogens (tertiary/aromatic N) is 2. The SMILES string of the molecule is COCCCNc1ncc(C(=O)NC(C)c2ccccc2)cn1. The highest BCUT2D eigenvalue weighted by molar-refractivity contribution is 5.93. The van der Waals surface area contributed by atoms with Gasteiger partial charge in [0.1, 0.15) is 0 Å². The molecule has 1 unspecified atom stereocenters. The highest BCUT2D eigenvalue weighted by Gasteiger charge is 2.12. The summed E-state index contributed by atoms with van der Waals surface area (Å²) in [4.78, 5) is 20.5. The zero-order chi connectivity index (χ0) is 16.5. The third kappa shape index (κ3) is 5.34. The first-order chi connectivity index (χ1) is 11.2. The number of ether oxygens (including phenoxy) is 1. The van der Waals surface area contributed by atoms with Crippen molar-refractivity contribution in [3.05, 3.63) is 53.9 Å². The van der Waals surface area contributed by atoms with Crippen molar-refractivity contribution in [2.24, 2.45) is 0 Å². The number of benzene rings is 1. The standard InChI is InChI=1S/C17H22N4O2/c1-13(14-7-4-3-5-8-14)21-16(22)15-11-19-17(20-12-15)18-9-6-10-23-2/h3-5,7-8,11-13H,6,9-10H2,1-2H3,(H,21,22)(H,18,19,20). The van der Waals surface area contributed by atoms with Crippen molar-refractivity contribution in [3.63, 3.8) is 0 Å². The van der Waals surface area contributed by atoms with Gasteiger partial charge in [0.25, 0.3) is 5.91 Å². The van der Waals surface area contributed by atoms with Gasteiger partial charge in [-0.15, -0.1) is 0 Å². The van der Waals surface area contributed by atoms with Crippen LogP contribution in [0.3, 0.4) is 0 Å². The summed E-state index contributed by atoms with van der Waals surface area (Å²) in [6, 6.07) is 9.74. The molecule has 23 heavy (non-hydrogen) atoms. The predicted octanol–water partition coefficient (Wildman–Crippen LogP) is 2.42. The Morgan fingerprint density at radius 1 is 1.22 bits per heavy atom. The van der Waals surface area contributed by atoms with Crippen molar-refractivity contribution in [1.82, 2.24) is 15.3 Å². The molecule has 1 aromatic heterocycles. The molecule has 6 nitrogen and oxygen atoms in total. The van der Waals surface area contributed by atoms with E-state index in [4.69, 9.17) is 4.74 Å². The average Bonchev–Trinajstić information content (AvgIpc) is 2.60. The minimum absolute atomic E-state index is 0.0736. The molecule has 1 heterocycles. The van der Waals surface area contributed by atoms with E-state index in [0.29, 0.717) is 18.1 Å². The van der Waals surface area contributed by atoms with Gasteiger partial charge in [-0.3, -0.25) is 4.79 Å². The van der Waals surface area contributed by atoms with Crippen LogP contribution < -0.4 is 10.6 Å². The normalized spacial score (nSPS) is 11.7. The molecule has 0 fully saturated rings. The lowest BCUT2D eigenvalue weighted by Crippen LogP contribution is -2.27. The topological polar surface area (TPSA) is 76.1 Å². The van der Waals surface area contributed by atoms with Gasteiger partial charge in [0.05, 0.1) is 11.6 Å². The summed E-state index contributed by atoms with van der Waals surface area (Å²) in [6.45, 7) is 3.36. The van der Waals surface area contributed by atoms with Gasteiger partial charge in [0, 0.05) is 32.7 Å². The fourth-order valence-corrected chi connectivity index (χ4v) is 2.06. The Hall–Kier alpha value is -2.47. The Balaban J connectivity index is 1.87. The van der Waals surface area contributed by atoms with Crippen LogP contribution in [0.5, 0.6) is 0 Å². The van der Waals surface area contributed by atoms with Crippen molar-refractivity contribution >= 4 is 11.9 Å². The van der Waals surface area contributed by atoms with E-state index in [9.17, 15) is 4.79 Å². The molecule has 1 atom stereocenters. The third-order valence-electron chi connectivity index (χ3n) is 3.37. The lowest BCUT2D eigenvalue weighted by Gasteiger charge is -2.14. The fraction of sp³-hybridized carbons (Fsp3) is 0.353. The first kappa shape index (κ1) is 16.9. The van der Waals surface area contributed by atoms with E-state index in [2.05, 4.69) is 20.6 Å². The maximum atomic E-state index is 12.2. The monoisotopic (exact) mass is 314 g/mol. The minimum Gasteiger partial charge on any atom is -0.385 e. The van der Waals surface area contributed by atoms with Crippen LogP contribution in [0, 0.1) is 0 Å². The van der Waals surface area contributed by atoms with Crippen molar-refractivity contribution in [3.8, 4) is 0 Å². The van der Waals surface area contributed by atoms with Crippen LogP contribution in [0.25, 0.3) is 0 Å².